The molecule has 0 atom stereocenters. The number of benzene rings is 1. The number of hydrogen-bond acceptors (Lipinski definition) is 4. The van der Waals surface area contributed by atoms with Crippen LogP contribution in [0.15, 0.2) is 24.3 Å². The van der Waals surface area contributed by atoms with E-state index in [9.17, 15) is 9.59 Å². The minimum Gasteiger partial charge on any atom is -0.490 e. The van der Waals surface area contributed by atoms with Crippen LogP contribution in [0.3, 0.4) is 0 Å². The number of ether oxygens (including phenoxy) is 2. The van der Waals surface area contributed by atoms with Crippen LogP contribution in [-0.2, 0) is 4.79 Å². The maximum absolute atomic E-state index is 11.7. The van der Waals surface area contributed by atoms with Crippen LogP contribution in [0.5, 0.6) is 11.5 Å². The average molecular weight is 306 g/mol. The van der Waals surface area contributed by atoms with Gasteiger partial charge in [-0.2, -0.15) is 0 Å². The van der Waals surface area contributed by atoms with Crippen molar-refractivity contribution in [1.29, 1.82) is 0 Å². The van der Waals surface area contributed by atoms with Gasteiger partial charge in [-0.3, -0.25) is 10.1 Å². The third kappa shape index (κ3) is 4.95. The van der Waals surface area contributed by atoms with Crippen LogP contribution in [0.2, 0.25) is 0 Å². The van der Waals surface area contributed by atoms with Crippen molar-refractivity contribution in [2.45, 2.75) is 38.6 Å². The molecule has 6 heteroatoms. The Morgan fingerprint density at radius 1 is 1.14 bits per heavy atom. The molecule has 1 aromatic carbocycles. The van der Waals surface area contributed by atoms with Gasteiger partial charge in [-0.05, 0) is 31.9 Å². The molecule has 0 spiro atoms. The summed E-state index contributed by atoms with van der Waals surface area (Å²) >= 11 is 0. The Kier molecular flexibility index (Phi) is 6.06. The van der Waals surface area contributed by atoms with E-state index in [2.05, 4.69) is 10.6 Å². The average Bonchev–Trinajstić information content (AvgIpc) is 2.99. The molecule has 1 aromatic rings. The number of para-hydroxylation sites is 2. The molecule has 0 radical (unpaired) electrons. The highest BCUT2D eigenvalue weighted by Crippen LogP contribution is 2.26. The zero-order chi connectivity index (χ0) is 15.8. The van der Waals surface area contributed by atoms with Gasteiger partial charge in [-0.1, -0.05) is 25.0 Å². The summed E-state index contributed by atoms with van der Waals surface area (Å²) < 4.78 is 10.8. The van der Waals surface area contributed by atoms with E-state index < -0.39 is 11.9 Å². The Hall–Kier alpha value is -2.24. The molecule has 1 aliphatic carbocycles. The van der Waals surface area contributed by atoms with Crippen molar-refractivity contribution < 1.29 is 19.1 Å². The van der Waals surface area contributed by atoms with Gasteiger partial charge in [0.1, 0.15) is 0 Å². The number of rotatable bonds is 6. The van der Waals surface area contributed by atoms with Gasteiger partial charge in [-0.25, -0.2) is 4.79 Å². The molecule has 0 heterocycles. The van der Waals surface area contributed by atoms with Crippen molar-refractivity contribution in [2.75, 3.05) is 13.2 Å². The van der Waals surface area contributed by atoms with Gasteiger partial charge in [0.2, 0.25) is 0 Å². The highest BCUT2D eigenvalue weighted by atomic mass is 16.5. The SMILES string of the molecule is CCOc1ccccc1OCC(=O)NC(=O)NC1CCCC1. The van der Waals surface area contributed by atoms with Crippen molar-refractivity contribution in [3.63, 3.8) is 0 Å². The van der Waals surface area contributed by atoms with Crippen LogP contribution < -0.4 is 20.1 Å². The summed E-state index contributed by atoms with van der Waals surface area (Å²) in [6, 6.07) is 6.82. The first-order chi connectivity index (χ1) is 10.7. The molecule has 0 unspecified atom stereocenters. The monoisotopic (exact) mass is 306 g/mol. The lowest BCUT2D eigenvalue weighted by Crippen LogP contribution is -2.45. The molecule has 22 heavy (non-hydrogen) atoms. The van der Waals surface area contributed by atoms with Crippen molar-refractivity contribution in [3.05, 3.63) is 24.3 Å². The third-order valence-corrected chi connectivity index (χ3v) is 3.45. The molecule has 1 aliphatic rings. The second kappa shape index (κ2) is 8.26. The second-order valence-corrected chi connectivity index (χ2v) is 5.17. The first kappa shape index (κ1) is 16.1. The largest absolute Gasteiger partial charge is 0.490 e. The van der Waals surface area contributed by atoms with Gasteiger partial charge < -0.3 is 14.8 Å². The maximum Gasteiger partial charge on any atom is 0.321 e. The van der Waals surface area contributed by atoms with Crippen LogP contribution in [-0.4, -0.2) is 31.2 Å². The first-order valence-corrected chi connectivity index (χ1v) is 7.64. The molecular formula is C16H22N2O4. The molecule has 1 saturated carbocycles. The summed E-state index contributed by atoms with van der Waals surface area (Å²) in [7, 11) is 0. The molecular weight excluding hydrogens is 284 g/mol. The van der Waals surface area contributed by atoms with E-state index in [-0.39, 0.29) is 12.6 Å². The number of amides is 3. The minimum absolute atomic E-state index is 0.174. The molecule has 2 rings (SSSR count). The molecule has 2 N–H and O–H groups in total. The van der Waals surface area contributed by atoms with E-state index in [1.807, 2.05) is 13.0 Å². The Morgan fingerprint density at radius 2 is 1.77 bits per heavy atom. The van der Waals surface area contributed by atoms with Crippen molar-refractivity contribution >= 4 is 11.9 Å². The molecule has 0 aromatic heterocycles. The summed E-state index contributed by atoms with van der Waals surface area (Å²) in [6.07, 6.45) is 4.19. The number of urea groups is 1. The summed E-state index contributed by atoms with van der Waals surface area (Å²) in [6.45, 7) is 2.15. The molecule has 3 amide bonds. The summed E-state index contributed by atoms with van der Waals surface area (Å²) in [5, 5.41) is 5.06. The molecule has 0 bridgehead atoms. The van der Waals surface area contributed by atoms with Gasteiger partial charge in [0, 0.05) is 6.04 Å². The number of carbonyl (C=O) groups excluding carboxylic acids is 2. The van der Waals surface area contributed by atoms with Crippen LogP contribution >= 0.6 is 0 Å². The standard InChI is InChI=1S/C16H22N2O4/c1-2-21-13-9-5-6-10-14(13)22-11-15(19)18-16(20)17-12-7-3-4-8-12/h5-6,9-10,12H,2-4,7-8,11H2,1H3,(H2,17,18,19,20). The third-order valence-electron chi connectivity index (χ3n) is 3.45. The smallest absolute Gasteiger partial charge is 0.321 e. The lowest BCUT2D eigenvalue weighted by Gasteiger charge is -2.13. The van der Waals surface area contributed by atoms with E-state index >= 15 is 0 Å². The van der Waals surface area contributed by atoms with Crippen molar-refractivity contribution in [1.82, 2.24) is 10.6 Å². The van der Waals surface area contributed by atoms with Crippen LogP contribution in [0.4, 0.5) is 4.79 Å². The number of nitrogens with one attached hydrogen (secondary N) is 2. The summed E-state index contributed by atoms with van der Waals surface area (Å²) in [4.78, 5) is 23.4. The lowest BCUT2D eigenvalue weighted by atomic mass is 10.2. The fourth-order valence-electron chi connectivity index (χ4n) is 2.44. The number of hydrogen-bond donors (Lipinski definition) is 2. The molecule has 0 aliphatic heterocycles. The Balaban J connectivity index is 1.76. The van der Waals surface area contributed by atoms with E-state index in [1.54, 1.807) is 18.2 Å². The van der Waals surface area contributed by atoms with Crippen molar-refractivity contribution in [2.24, 2.45) is 0 Å². The quantitative estimate of drug-likeness (QED) is 0.845. The van der Waals surface area contributed by atoms with Crippen LogP contribution in [0.1, 0.15) is 32.6 Å². The topological polar surface area (TPSA) is 76.7 Å². The lowest BCUT2D eigenvalue weighted by molar-refractivity contribution is -0.122. The van der Waals surface area contributed by atoms with Crippen LogP contribution in [0.25, 0.3) is 0 Å². The molecule has 1 fully saturated rings. The van der Waals surface area contributed by atoms with Gasteiger partial charge in [0.05, 0.1) is 6.61 Å². The number of carbonyl (C=O) groups is 2. The fourth-order valence-corrected chi connectivity index (χ4v) is 2.44. The van der Waals surface area contributed by atoms with Gasteiger partial charge in [0.15, 0.2) is 18.1 Å². The van der Waals surface area contributed by atoms with Crippen LogP contribution in [0, 0.1) is 0 Å². The highest BCUT2D eigenvalue weighted by molar-refractivity contribution is 5.95. The zero-order valence-corrected chi connectivity index (χ0v) is 12.8. The van der Waals surface area contributed by atoms with E-state index in [0.717, 1.165) is 25.7 Å². The van der Waals surface area contributed by atoms with E-state index in [4.69, 9.17) is 9.47 Å². The fraction of sp³-hybridized carbons (Fsp3) is 0.500. The summed E-state index contributed by atoms with van der Waals surface area (Å²) in [5.41, 5.74) is 0. The molecule has 0 saturated heterocycles. The minimum atomic E-state index is -0.484. The second-order valence-electron chi connectivity index (χ2n) is 5.17. The number of imide groups is 1. The Morgan fingerprint density at radius 3 is 2.41 bits per heavy atom. The van der Waals surface area contributed by atoms with Gasteiger partial charge >= 0.3 is 6.03 Å². The predicted octanol–water partition coefficient (Wildman–Crippen LogP) is 2.23. The Labute approximate surface area is 130 Å². The predicted molar refractivity (Wildman–Crippen MR) is 82.0 cm³/mol. The van der Waals surface area contributed by atoms with Gasteiger partial charge in [0.25, 0.3) is 5.91 Å². The van der Waals surface area contributed by atoms with Crippen molar-refractivity contribution in [3.8, 4) is 11.5 Å². The zero-order valence-electron chi connectivity index (χ0n) is 12.8. The Bertz CT molecular complexity index is 513. The molecule has 6 nitrogen and oxygen atoms in total. The van der Waals surface area contributed by atoms with Gasteiger partial charge in [-0.15, -0.1) is 0 Å². The summed E-state index contributed by atoms with van der Waals surface area (Å²) in [5.74, 6) is 0.575. The normalized spacial score (nSPS) is 14.4. The maximum atomic E-state index is 11.7. The highest BCUT2D eigenvalue weighted by Gasteiger charge is 2.18. The molecule has 120 valence electrons. The first-order valence-electron chi connectivity index (χ1n) is 7.64. The van der Waals surface area contributed by atoms with E-state index in [1.165, 1.54) is 0 Å². The van der Waals surface area contributed by atoms with E-state index in [0.29, 0.717) is 18.1 Å².